The van der Waals surface area contributed by atoms with Crippen LogP contribution < -0.4 is 0 Å². The van der Waals surface area contributed by atoms with E-state index in [1.165, 1.54) is 23.1 Å². The molecule has 0 aliphatic heterocycles. The van der Waals surface area contributed by atoms with Crippen LogP contribution in [0.3, 0.4) is 0 Å². The van der Waals surface area contributed by atoms with Crippen molar-refractivity contribution < 1.29 is 0 Å². The van der Waals surface area contributed by atoms with E-state index < -0.39 is 0 Å². The summed E-state index contributed by atoms with van der Waals surface area (Å²) in [6.07, 6.45) is 5.51. The molecule has 0 radical (unpaired) electrons. The van der Waals surface area contributed by atoms with Crippen molar-refractivity contribution >= 4 is 12.2 Å². The lowest BCUT2D eigenvalue weighted by molar-refractivity contribution is 0.733. The molecule has 0 saturated carbocycles. The number of rotatable bonds is 4. The number of hydrogen-bond acceptors (Lipinski definition) is 0. The molecule has 0 spiro atoms. The van der Waals surface area contributed by atoms with Crippen molar-refractivity contribution in [3.8, 4) is 0 Å². The molecule has 0 aromatic heterocycles. The summed E-state index contributed by atoms with van der Waals surface area (Å²) in [4.78, 5) is 0. The molecule has 92 valence electrons. The second-order valence-corrected chi connectivity index (χ2v) is 4.72. The Bertz CT molecular complexity index is 491. The maximum absolute atomic E-state index is 2.27. The van der Waals surface area contributed by atoms with Gasteiger partial charge in [0.25, 0.3) is 0 Å². The van der Waals surface area contributed by atoms with Crippen molar-refractivity contribution in [3.63, 3.8) is 0 Å². The molecule has 0 N–H and O–H groups in total. The fourth-order valence-electron chi connectivity index (χ4n) is 1.93. The van der Waals surface area contributed by atoms with Crippen molar-refractivity contribution in [1.82, 2.24) is 0 Å². The topological polar surface area (TPSA) is 0 Å². The Balaban J connectivity index is 2.09. The van der Waals surface area contributed by atoms with E-state index in [0.717, 1.165) is 0 Å². The van der Waals surface area contributed by atoms with Gasteiger partial charge in [0.1, 0.15) is 0 Å². The van der Waals surface area contributed by atoms with Gasteiger partial charge in [0, 0.05) is 0 Å². The Labute approximate surface area is 110 Å². The van der Waals surface area contributed by atoms with Gasteiger partial charge in [-0.15, -0.1) is 0 Å². The highest BCUT2D eigenvalue weighted by molar-refractivity contribution is 5.69. The fraction of sp³-hybridized carbons (Fsp3) is 0.222. The Hall–Kier alpha value is -1.82. The highest BCUT2D eigenvalue weighted by Gasteiger charge is 2.00. The van der Waals surface area contributed by atoms with Crippen LogP contribution in [0.25, 0.3) is 12.2 Å². The average Bonchev–Trinajstić information content (AvgIpc) is 2.46. The summed E-state index contributed by atoms with van der Waals surface area (Å²) in [5, 5.41) is 0. The molecule has 0 fully saturated rings. The largest absolute Gasteiger partial charge is 0.0648 e. The highest BCUT2D eigenvalue weighted by Crippen LogP contribution is 2.19. The molecule has 0 aliphatic rings. The third-order valence-electron chi connectivity index (χ3n) is 3.39. The lowest BCUT2D eigenvalue weighted by atomic mass is 9.97. The van der Waals surface area contributed by atoms with Crippen LogP contribution in [0.2, 0.25) is 0 Å². The Morgan fingerprint density at radius 1 is 0.833 bits per heavy atom. The minimum atomic E-state index is 0.650. The Morgan fingerprint density at radius 3 is 1.94 bits per heavy atom. The SMILES string of the molecule is CCC(C)c1ccc(/C=C/c2ccccc2)cc1. The van der Waals surface area contributed by atoms with Gasteiger partial charge in [0.05, 0.1) is 0 Å². The lowest BCUT2D eigenvalue weighted by Crippen LogP contribution is -1.90. The predicted octanol–water partition coefficient (Wildman–Crippen LogP) is 5.37. The van der Waals surface area contributed by atoms with E-state index >= 15 is 0 Å². The molecule has 0 nitrogen and oxygen atoms in total. The molecule has 0 saturated heterocycles. The van der Waals surface area contributed by atoms with Gasteiger partial charge in [-0.2, -0.15) is 0 Å². The second kappa shape index (κ2) is 6.20. The summed E-state index contributed by atoms with van der Waals surface area (Å²) < 4.78 is 0. The molecule has 1 atom stereocenters. The number of benzene rings is 2. The van der Waals surface area contributed by atoms with Crippen LogP contribution in [0.4, 0.5) is 0 Å². The van der Waals surface area contributed by atoms with Crippen molar-refractivity contribution in [2.45, 2.75) is 26.2 Å². The van der Waals surface area contributed by atoms with Gasteiger partial charge in [-0.05, 0) is 29.0 Å². The number of hydrogen-bond donors (Lipinski definition) is 0. The van der Waals surface area contributed by atoms with Crippen LogP contribution in [-0.4, -0.2) is 0 Å². The average molecular weight is 236 g/mol. The zero-order valence-electron chi connectivity index (χ0n) is 11.1. The maximum Gasteiger partial charge on any atom is -0.0193 e. The highest BCUT2D eigenvalue weighted by atomic mass is 14.1. The molecule has 0 aliphatic carbocycles. The maximum atomic E-state index is 2.27. The van der Waals surface area contributed by atoms with Crippen LogP contribution in [0.5, 0.6) is 0 Å². The van der Waals surface area contributed by atoms with E-state index in [1.54, 1.807) is 0 Å². The first-order valence-corrected chi connectivity index (χ1v) is 6.62. The minimum Gasteiger partial charge on any atom is -0.0648 e. The zero-order valence-corrected chi connectivity index (χ0v) is 11.1. The quantitative estimate of drug-likeness (QED) is 0.626. The molecule has 18 heavy (non-hydrogen) atoms. The van der Waals surface area contributed by atoms with Crippen molar-refractivity contribution in [1.29, 1.82) is 0 Å². The van der Waals surface area contributed by atoms with Crippen molar-refractivity contribution in [2.75, 3.05) is 0 Å². The van der Waals surface area contributed by atoms with Crippen molar-refractivity contribution in [3.05, 3.63) is 71.3 Å². The van der Waals surface area contributed by atoms with Crippen molar-refractivity contribution in [2.24, 2.45) is 0 Å². The fourth-order valence-corrected chi connectivity index (χ4v) is 1.93. The molecule has 2 aromatic rings. The van der Waals surface area contributed by atoms with E-state index in [0.29, 0.717) is 5.92 Å². The van der Waals surface area contributed by atoms with Crippen LogP contribution in [0.15, 0.2) is 54.6 Å². The summed E-state index contributed by atoms with van der Waals surface area (Å²) in [7, 11) is 0. The zero-order chi connectivity index (χ0) is 12.8. The molecule has 0 heterocycles. The van der Waals surface area contributed by atoms with Crippen LogP contribution in [-0.2, 0) is 0 Å². The van der Waals surface area contributed by atoms with Gasteiger partial charge in [0.15, 0.2) is 0 Å². The first-order chi connectivity index (χ1) is 8.79. The Morgan fingerprint density at radius 2 is 1.39 bits per heavy atom. The molecule has 0 amide bonds. The molecule has 2 rings (SSSR count). The smallest absolute Gasteiger partial charge is 0.0193 e. The molecular weight excluding hydrogens is 216 g/mol. The summed E-state index contributed by atoms with van der Waals surface area (Å²) in [5.74, 6) is 0.650. The first kappa shape index (κ1) is 12.6. The Kier molecular flexibility index (Phi) is 4.35. The van der Waals surface area contributed by atoms with E-state index in [2.05, 4.69) is 74.5 Å². The minimum absolute atomic E-state index is 0.650. The summed E-state index contributed by atoms with van der Waals surface area (Å²) in [6, 6.07) is 19.3. The molecular formula is C18H20. The van der Waals surface area contributed by atoms with Gasteiger partial charge in [-0.1, -0.05) is 80.6 Å². The van der Waals surface area contributed by atoms with Gasteiger partial charge < -0.3 is 0 Å². The predicted molar refractivity (Wildman–Crippen MR) is 80.5 cm³/mol. The lowest BCUT2D eigenvalue weighted by Gasteiger charge is -2.08. The normalized spacial score (nSPS) is 12.8. The molecule has 1 unspecified atom stereocenters. The van der Waals surface area contributed by atoms with Gasteiger partial charge in [-0.25, -0.2) is 0 Å². The molecule has 0 heteroatoms. The first-order valence-electron chi connectivity index (χ1n) is 6.62. The van der Waals surface area contributed by atoms with E-state index in [9.17, 15) is 0 Å². The third-order valence-corrected chi connectivity index (χ3v) is 3.39. The standard InChI is InChI=1S/C18H20/c1-3-15(2)18-13-11-17(12-14-18)10-9-16-7-5-4-6-8-16/h4-15H,3H2,1-2H3/b10-9+. The summed E-state index contributed by atoms with van der Waals surface area (Å²) in [6.45, 7) is 4.50. The van der Waals surface area contributed by atoms with Gasteiger partial charge in [0.2, 0.25) is 0 Å². The summed E-state index contributed by atoms with van der Waals surface area (Å²) in [5.41, 5.74) is 3.92. The monoisotopic (exact) mass is 236 g/mol. The van der Waals surface area contributed by atoms with Crippen LogP contribution >= 0.6 is 0 Å². The van der Waals surface area contributed by atoms with Gasteiger partial charge >= 0.3 is 0 Å². The third kappa shape index (κ3) is 3.33. The van der Waals surface area contributed by atoms with E-state index in [-0.39, 0.29) is 0 Å². The van der Waals surface area contributed by atoms with Crippen LogP contribution in [0.1, 0.15) is 42.9 Å². The molecule has 0 bridgehead atoms. The van der Waals surface area contributed by atoms with E-state index in [4.69, 9.17) is 0 Å². The van der Waals surface area contributed by atoms with Gasteiger partial charge in [-0.3, -0.25) is 0 Å². The second-order valence-electron chi connectivity index (χ2n) is 4.72. The summed E-state index contributed by atoms with van der Waals surface area (Å²) >= 11 is 0. The molecule has 2 aromatic carbocycles. The van der Waals surface area contributed by atoms with Crippen LogP contribution in [0, 0.1) is 0 Å². The van der Waals surface area contributed by atoms with E-state index in [1.807, 2.05) is 6.07 Å².